The fourth-order valence-electron chi connectivity index (χ4n) is 9.94. The van der Waals surface area contributed by atoms with Crippen molar-refractivity contribution in [1.82, 2.24) is 50.0 Å². The van der Waals surface area contributed by atoms with Gasteiger partial charge >= 0.3 is 0 Å². The van der Waals surface area contributed by atoms with Gasteiger partial charge in [0.2, 0.25) is 17.7 Å². The summed E-state index contributed by atoms with van der Waals surface area (Å²) < 4.78 is 7.85. The van der Waals surface area contributed by atoms with Crippen LogP contribution in [-0.4, -0.2) is 101 Å². The monoisotopic (exact) mass is 871 g/mol. The van der Waals surface area contributed by atoms with Gasteiger partial charge in [-0.15, -0.1) is 0 Å². The molecule has 0 spiro atoms. The Bertz CT molecular complexity index is 2460. The molecule has 0 bridgehead atoms. The molecule has 16 heteroatoms. The van der Waals surface area contributed by atoms with Gasteiger partial charge in [-0.05, 0) is 133 Å². The molecule has 4 N–H and O–H groups in total. The van der Waals surface area contributed by atoms with Crippen LogP contribution >= 0.6 is 0 Å². The number of amides is 3. The predicted molar refractivity (Wildman–Crippen MR) is 244 cm³/mol. The molecule has 1 aliphatic carbocycles. The van der Waals surface area contributed by atoms with E-state index in [0.29, 0.717) is 65.2 Å². The Morgan fingerprint density at radius 2 is 1.61 bits per heavy atom. The van der Waals surface area contributed by atoms with E-state index in [1.165, 1.54) is 31.2 Å². The lowest BCUT2D eigenvalue weighted by Crippen LogP contribution is -2.47. The lowest BCUT2D eigenvalue weighted by atomic mass is 9.89. The van der Waals surface area contributed by atoms with Gasteiger partial charge in [0, 0.05) is 55.5 Å². The van der Waals surface area contributed by atoms with Crippen molar-refractivity contribution in [2.75, 3.05) is 43.8 Å². The molecule has 16 nitrogen and oxygen atoms in total. The van der Waals surface area contributed by atoms with Crippen LogP contribution < -0.4 is 16.4 Å². The van der Waals surface area contributed by atoms with Gasteiger partial charge in [-0.1, -0.05) is 36.6 Å². The van der Waals surface area contributed by atoms with Gasteiger partial charge in [-0.3, -0.25) is 19.7 Å². The molecule has 338 valence electrons. The Hall–Kier alpha value is -5.77. The molecule has 5 aromatic rings. The van der Waals surface area contributed by atoms with Crippen LogP contribution in [0.4, 0.5) is 11.5 Å². The lowest BCUT2D eigenvalue weighted by Gasteiger charge is -2.32. The van der Waals surface area contributed by atoms with E-state index in [1.807, 2.05) is 31.6 Å². The summed E-state index contributed by atoms with van der Waals surface area (Å²) in [6.45, 7) is 11.0. The highest BCUT2D eigenvalue weighted by Gasteiger charge is 2.37. The minimum absolute atomic E-state index is 0.0461. The number of unbranched alkanes of at least 4 members (excludes halogenated alkanes) is 4. The van der Waals surface area contributed by atoms with Gasteiger partial charge in [0.25, 0.3) is 0 Å². The number of aryl methyl sites for hydroxylation is 1. The van der Waals surface area contributed by atoms with Crippen LogP contribution in [0.25, 0.3) is 33.8 Å². The second kappa shape index (κ2) is 19.1. The first kappa shape index (κ1) is 43.5. The zero-order chi connectivity index (χ0) is 44.3. The lowest BCUT2D eigenvalue weighted by molar-refractivity contribution is -0.134. The van der Waals surface area contributed by atoms with Crippen molar-refractivity contribution in [3.63, 3.8) is 0 Å². The largest absolute Gasteiger partial charge is 0.383 e. The number of fused-ring (bicyclic) bond motifs is 1. The molecule has 3 saturated heterocycles. The number of anilines is 2. The van der Waals surface area contributed by atoms with E-state index in [9.17, 15) is 14.4 Å². The Morgan fingerprint density at radius 1 is 0.875 bits per heavy atom. The molecule has 4 aliphatic rings. The molecule has 1 atom stereocenters. The molecular formula is C48H62N12O4. The predicted octanol–water partition coefficient (Wildman–Crippen LogP) is 7.43. The van der Waals surface area contributed by atoms with Crippen LogP contribution in [0.1, 0.15) is 150 Å². The number of aromatic nitrogens is 7. The summed E-state index contributed by atoms with van der Waals surface area (Å²) in [6.07, 6.45) is 16.7. The molecule has 1 saturated carbocycles. The molecule has 7 heterocycles. The summed E-state index contributed by atoms with van der Waals surface area (Å²) >= 11 is 0. The number of carbonyl (C=O) groups is 3. The molecule has 1 aromatic carbocycles. The Kier molecular flexibility index (Phi) is 13.0. The summed E-state index contributed by atoms with van der Waals surface area (Å²) in [5.41, 5.74) is 13.3. The maximum Gasteiger partial charge on any atom is 0.249 e. The molecule has 1 unspecified atom stereocenters. The van der Waals surface area contributed by atoms with Crippen molar-refractivity contribution >= 4 is 40.3 Å². The second-order valence-corrected chi connectivity index (χ2v) is 18.7. The SMILES string of the molecule is Cc1nc(-c2c(-c3nn(C(C)C)c4ncnc(N)c34)noc2C2CC2)ncc1C1CCN(C(=O)CCCCCCCN2CCC(c3ccc(NC4CCC(=O)NC4=O)cc3)CC2)CC1. The molecule has 4 aromatic heterocycles. The van der Waals surface area contributed by atoms with Crippen molar-refractivity contribution in [2.24, 2.45) is 0 Å². The van der Waals surface area contributed by atoms with Crippen molar-refractivity contribution in [1.29, 1.82) is 0 Å². The van der Waals surface area contributed by atoms with Crippen LogP contribution in [-0.2, 0) is 14.4 Å². The standard InChI is InChI=1S/C48H62N12O4/c1-29(2)60-47-41(45(49)51-28-52-47)42(56-60)43-40(44(64-57-43)34-10-11-34)46-50-27-36(30(3)53-46)33-20-25-59(26-21-33)39(62)9-7-5-4-6-8-22-58-23-18-32(19-24-58)31-12-14-35(15-13-31)54-37-16-17-38(61)55-48(37)63/h12-15,27-29,32-34,37,54H,4-11,16-26H2,1-3H3,(H2,49,51,52)(H,55,61,63). The van der Waals surface area contributed by atoms with E-state index in [0.717, 1.165) is 112 Å². The van der Waals surface area contributed by atoms with Crippen molar-refractivity contribution in [2.45, 2.75) is 141 Å². The quantitative estimate of drug-likeness (QED) is 0.0653. The van der Waals surface area contributed by atoms with Crippen LogP contribution in [0.3, 0.4) is 0 Å². The first-order chi connectivity index (χ1) is 31.1. The highest BCUT2D eigenvalue weighted by Crippen LogP contribution is 2.48. The van der Waals surface area contributed by atoms with Crippen molar-refractivity contribution in [3.05, 3.63) is 59.4 Å². The van der Waals surface area contributed by atoms with Crippen molar-refractivity contribution in [3.8, 4) is 22.8 Å². The summed E-state index contributed by atoms with van der Waals surface area (Å²) in [5, 5.41) is 15.8. The number of imide groups is 1. The number of nitrogen functional groups attached to an aromatic ring is 1. The average molecular weight is 871 g/mol. The van der Waals surface area contributed by atoms with Gasteiger partial charge in [0.15, 0.2) is 17.2 Å². The fourth-order valence-corrected chi connectivity index (χ4v) is 9.94. The van der Waals surface area contributed by atoms with Gasteiger partial charge in [-0.25, -0.2) is 24.6 Å². The molecular weight excluding hydrogens is 809 g/mol. The van der Waals surface area contributed by atoms with E-state index >= 15 is 0 Å². The number of rotatable bonds is 16. The number of piperidine rings is 3. The van der Waals surface area contributed by atoms with E-state index in [1.54, 1.807) is 0 Å². The third-order valence-corrected chi connectivity index (χ3v) is 13.8. The summed E-state index contributed by atoms with van der Waals surface area (Å²) in [6, 6.07) is 8.16. The Labute approximate surface area is 374 Å². The van der Waals surface area contributed by atoms with Crippen LogP contribution in [0.5, 0.6) is 0 Å². The third-order valence-electron chi connectivity index (χ3n) is 13.8. The van der Waals surface area contributed by atoms with Crippen molar-refractivity contribution < 1.29 is 18.9 Å². The Balaban J connectivity index is 0.692. The molecule has 0 radical (unpaired) electrons. The highest BCUT2D eigenvalue weighted by molar-refractivity contribution is 6.02. The molecule has 64 heavy (non-hydrogen) atoms. The smallest absolute Gasteiger partial charge is 0.249 e. The average Bonchev–Trinajstić information content (AvgIpc) is 3.92. The first-order valence-corrected chi connectivity index (χ1v) is 23.6. The van der Waals surface area contributed by atoms with Crippen LogP contribution in [0.15, 0.2) is 41.3 Å². The maximum atomic E-state index is 13.2. The van der Waals surface area contributed by atoms with Crippen LogP contribution in [0.2, 0.25) is 0 Å². The highest BCUT2D eigenvalue weighted by atomic mass is 16.5. The number of nitrogens with one attached hydrogen (secondary N) is 2. The molecule has 4 fully saturated rings. The number of hydrogen-bond acceptors (Lipinski definition) is 13. The summed E-state index contributed by atoms with van der Waals surface area (Å²) in [7, 11) is 0. The fraction of sp³-hybridized carbons (Fsp3) is 0.562. The second-order valence-electron chi connectivity index (χ2n) is 18.7. The number of nitrogens with two attached hydrogens (primary N) is 1. The molecule has 3 aliphatic heterocycles. The van der Waals surface area contributed by atoms with Gasteiger partial charge in [0.05, 0.1) is 10.9 Å². The number of nitrogens with zero attached hydrogens (tertiary/aromatic N) is 9. The van der Waals surface area contributed by atoms with Gasteiger partial charge in [-0.2, -0.15) is 5.10 Å². The van der Waals surface area contributed by atoms with Crippen LogP contribution in [0, 0.1) is 6.92 Å². The zero-order valence-corrected chi connectivity index (χ0v) is 37.5. The number of benzene rings is 1. The Morgan fingerprint density at radius 3 is 2.33 bits per heavy atom. The van der Waals surface area contributed by atoms with Gasteiger partial charge in [0.1, 0.15) is 29.6 Å². The summed E-state index contributed by atoms with van der Waals surface area (Å²) in [4.78, 5) is 60.2. The van der Waals surface area contributed by atoms with E-state index in [2.05, 4.69) is 59.8 Å². The molecule has 3 amide bonds. The normalized spacial score (nSPS) is 19.2. The minimum Gasteiger partial charge on any atom is -0.383 e. The van der Waals surface area contributed by atoms with E-state index in [-0.39, 0.29) is 35.7 Å². The number of carbonyl (C=O) groups excluding carboxylic acids is 3. The number of hydrogen-bond donors (Lipinski definition) is 3. The van der Waals surface area contributed by atoms with Gasteiger partial charge < -0.3 is 25.4 Å². The first-order valence-electron chi connectivity index (χ1n) is 23.6. The maximum absolute atomic E-state index is 13.2. The minimum atomic E-state index is -0.361. The van der Waals surface area contributed by atoms with E-state index in [4.69, 9.17) is 25.3 Å². The third kappa shape index (κ3) is 9.52. The summed E-state index contributed by atoms with van der Waals surface area (Å²) in [5.74, 6) is 2.64. The van der Waals surface area contributed by atoms with E-state index < -0.39 is 0 Å². The molecule has 9 rings (SSSR count). The number of likely N-dealkylation sites (tertiary alicyclic amines) is 2. The topological polar surface area (TPSA) is 203 Å². The zero-order valence-electron chi connectivity index (χ0n) is 37.5.